The van der Waals surface area contributed by atoms with E-state index in [1.807, 2.05) is 17.4 Å². The summed E-state index contributed by atoms with van der Waals surface area (Å²) in [4.78, 5) is 2.35. The van der Waals surface area contributed by atoms with Gasteiger partial charge in [-0.05, 0) is 113 Å². The molecule has 3 nitrogen and oxygen atoms in total. The van der Waals surface area contributed by atoms with Gasteiger partial charge in [-0.3, -0.25) is 0 Å². The Morgan fingerprint density at radius 3 is 1.71 bits per heavy atom. The number of hydrogen-bond donors (Lipinski definition) is 0. The Labute approximate surface area is 338 Å². The van der Waals surface area contributed by atoms with Crippen LogP contribution in [0.4, 0.5) is 17.1 Å². The average Bonchev–Trinajstić information content (AvgIpc) is 3.97. The topological polar surface area (TPSA) is 21.3 Å². The second kappa shape index (κ2) is 13.1. The number of furan rings is 1. The highest BCUT2D eigenvalue weighted by Crippen LogP contribution is 2.43. The Bertz CT molecular complexity index is 3480. The molecule has 0 fully saturated rings. The molecule has 58 heavy (non-hydrogen) atoms. The summed E-state index contributed by atoms with van der Waals surface area (Å²) in [5, 5.41) is 7.33. The smallest absolute Gasteiger partial charge is 0.137 e. The number of hydrogen-bond acceptors (Lipinski definition) is 3. The fourth-order valence-electron chi connectivity index (χ4n) is 8.87. The highest BCUT2D eigenvalue weighted by Gasteiger charge is 2.20. The summed E-state index contributed by atoms with van der Waals surface area (Å²) in [5.41, 5.74) is 13.3. The third kappa shape index (κ3) is 5.19. The molecule has 12 aromatic rings. The lowest BCUT2D eigenvalue weighted by Crippen LogP contribution is -2.10. The van der Waals surface area contributed by atoms with E-state index >= 15 is 0 Å². The number of anilines is 3. The van der Waals surface area contributed by atoms with Gasteiger partial charge in [0.05, 0.1) is 16.4 Å². The van der Waals surface area contributed by atoms with Crippen LogP contribution in [0.2, 0.25) is 0 Å². The first-order chi connectivity index (χ1) is 28.7. The van der Waals surface area contributed by atoms with Gasteiger partial charge < -0.3 is 13.9 Å². The molecule has 0 aliphatic rings. The van der Waals surface area contributed by atoms with Crippen molar-refractivity contribution < 1.29 is 4.42 Å². The van der Waals surface area contributed by atoms with E-state index in [-0.39, 0.29) is 0 Å². The van der Waals surface area contributed by atoms with Crippen LogP contribution in [-0.4, -0.2) is 4.57 Å². The van der Waals surface area contributed by atoms with Gasteiger partial charge >= 0.3 is 0 Å². The van der Waals surface area contributed by atoms with Crippen molar-refractivity contribution in [3.63, 3.8) is 0 Å². The Balaban J connectivity index is 0.984. The standard InChI is InChI=1S/C54H34N2OS/c1-2-10-35(11-3-1)36-18-23-39(24-19-36)55(40-25-20-37(21-26-40)38-22-33-52-47(34-38)44-13-6-9-17-51(44)58-52)41-27-29-42(30-28-41)56-48-15-7-4-12-43(48)45-31-32-50-53(54(45)56)46-14-5-8-16-49(46)57-50/h1-34H. The van der Waals surface area contributed by atoms with E-state index in [1.54, 1.807) is 0 Å². The van der Waals surface area contributed by atoms with Gasteiger partial charge in [0.2, 0.25) is 0 Å². The van der Waals surface area contributed by atoms with Crippen LogP contribution in [0.15, 0.2) is 211 Å². The van der Waals surface area contributed by atoms with Crippen molar-refractivity contribution in [3.8, 4) is 27.9 Å². The summed E-state index contributed by atoms with van der Waals surface area (Å²) < 4.78 is 11.4. The van der Waals surface area contributed by atoms with Crippen LogP contribution < -0.4 is 4.90 Å². The van der Waals surface area contributed by atoms with Crippen LogP contribution in [-0.2, 0) is 0 Å². The first-order valence-corrected chi connectivity index (χ1v) is 20.5. The van der Waals surface area contributed by atoms with Crippen molar-refractivity contribution in [2.75, 3.05) is 4.90 Å². The first-order valence-electron chi connectivity index (χ1n) is 19.7. The maximum Gasteiger partial charge on any atom is 0.137 e. The molecule has 0 atom stereocenters. The van der Waals surface area contributed by atoms with Gasteiger partial charge in [-0.1, -0.05) is 115 Å². The monoisotopic (exact) mass is 758 g/mol. The van der Waals surface area contributed by atoms with E-state index in [9.17, 15) is 0 Å². The van der Waals surface area contributed by atoms with Crippen molar-refractivity contribution in [3.05, 3.63) is 206 Å². The molecule has 0 unspecified atom stereocenters. The minimum atomic E-state index is 0.895. The Kier molecular flexibility index (Phi) is 7.40. The van der Waals surface area contributed by atoms with Gasteiger partial charge in [-0.2, -0.15) is 0 Å². The lowest BCUT2D eigenvalue weighted by molar-refractivity contribution is 0.669. The predicted octanol–water partition coefficient (Wildman–Crippen LogP) is 15.9. The van der Waals surface area contributed by atoms with Crippen LogP contribution in [0.3, 0.4) is 0 Å². The SMILES string of the molecule is c1ccc(-c2ccc(N(c3ccc(-c4ccc5sc6ccccc6c5c4)cc3)c3ccc(-n4c5ccccc5c5ccc6oc7ccccc7c6c54)cc3)cc2)cc1. The van der Waals surface area contributed by atoms with Crippen molar-refractivity contribution in [2.45, 2.75) is 0 Å². The first kappa shape index (κ1) is 32.8. The summed E-state index contributed by atoms with van der Waals surface area (Å²) in [6.07, 6.45) is 0. The molecule has 3 aromatic heterocycles. The molecular formula is C54H34N2OS. The second-order valence-corrected chi connectivity index (χ2v) is 16.0. The molecule has 9 aromatic carbocycles. The van der Waals surface area contributed by atoms with Crippen LogP contribution in [0, 0.1) is 0 Å². The van der Waals surface area contributed by atoms with Gasteiger partial charge in [0.15, 0.2) is 0 Å². The maximum atomic E-state index is 6.38. The molecule has 4 heteroatoms. The van der Waals surface area contributed by atoms with E-state index < -0.39 is 0 Å². The van der Waals surface area contributed by atoms with Crippen molar-refractivity contribution >= 4 is 92.3 Å². The van der Waals surface area contributed by atoms with Gasteiger partial charge in [0.25, 0.3) is 0 Å². The summed E-state index contributed by atoms with van der Waals surface area (Å²) in [7, 11) is 0. The number of nitrogens with zero attached hydrogens (tertiary/aromatic N) is 2. The summed E-state index contributed by atoms with van der Waals surface area (Å²) in [6.45, 7) is 0. The molecule has 0 aliphatic carbocycles. The van der Waals surface area contributed by atoms with E-state index in [1.165, 1.54) is 58.7 Å². The average molecular weight is 759 g/mol. The molecule has 272 valence electrons. The lowest BCUT2D eigenvalue weighted by Gasteiger charge is -2.26. The number of para-hydroxylation sites is 2. The maximum absolute atomic E-state index is 6.38. The summed E-state index contributed by atoms with van der Waals surface area (Å²) in [6, 6.07) is 74.4. The number of benzene rings is 9. The zero-order chi connectivity index (χ0) is 38.2. The number of thiophene rings is 1. The normalized spacial score (nSPS) is 11.8. The van der Waals surface area contributed by atoms with Crippen molar-refractivity contribution in [2.24, 2.45) is 0 Å². The Hall–Kier alpha value is -7.40. The number of aromatic nitrogens is 1. The van der Waals surface area contributed by atoms with Gasteiger partial charge in [-0.25, -0.2) is 0 Å². The quantitative estimate of drug-likeness (QED) is 0.168. The second-order valence-electron chi connectivity index (χ2n) is 14.9. The lowest BCUT2D eigenvalue weighted by atomic mass is 10.0. The van der Waals surface area contributed by atoms with Crippen LogP contribution in [0.5, 0.6) is 0 Å². The van der Waals surface area contributed by atoms with Crippen LogP contribution >= 0.6 is 11.3 Å². The van der Waals surface area contributed by atoms with Gasteiger partial charge in [0, 0.05) is 59.1 Å². The molecule has 0 amide bonds. The zero-order valence-electron chi connectivity index (χ0n) is 31.3. The zero-order valence-corrected chi connectivity index (χ0v) is 32.2. The highest BCUT2D eigenvalue weighted by atomic mass is 32.1. The van der Waals surface area contributed by atoms with E-state index in [2.05, 4.69) is 210 Å². The van der Waals surface area contributed by atoms with Crippen molar-refractivity contribution in [1.29, 1.82) is 0 Å². The molecule has 0 radical (unpaired) electrons. The molecule has 0 saturated heterocycles. The number of rotatable bonds is 6. The minimum Gasteiger partial charge on any atom is -0.456 e. The largest absolute Gasteiger partial charge is 0.456 e. The van der Waals surface area contributed by atoms with E-state index in [4.69, 9.17) is 4.42 Å². The fraction of sp³-hybridized carbons (Fsp3) is 0. The van der Waals surface area contributed by atoms with Crippen LogP contribution in [0.25, 0.3) is 91.9 Å². The predicted molar refractivity (Wildman–Crippen MR) is 247 cm³/mol. The third-order valence-electron chi connectivity index (χ3n) is 11.6. The highest BCUT2D eigenvalue weighted by molar-refractivity contribution is 7.25. The van der Waals surface area contributed by atoms with E-state index in [0.717, 1.165) is 50.2 Å². The molecule has 12 rings (SSSR count). The molecule has 0 aliphatic heterocycles. The summed E-state index contributed by atoms with van der Waals surface area (Å²) >= 11 is 1.86. The summed E-state index contributed by atoms with van der Waals surface area (Å²) in [5.74, 6) is 0. The minimum absolute atomic E-state index is 0.895. The number of fused-ring (bicyclic) bond motifs is 10. The van der Waals surface area contributed by atoms with Gasteiger partial charge in [0.1, 0.15) is 11.2 Å². The molecule has 3 heterocycles. The molecule has 0 bridgehead atoms. The Morgan fingerprint density at radius 2 is 0.948 bits per heavy atom. The Morgan fingerprint density at radius 1 is 0.379 bits per heavy atom. The third-order valence-corrected chi connectivity index (χ3v) is 12.8. The molecular weight excluding hydrogens is 725 g/mol. The molecule has 0 N–H and O–H groups in total. The van der Waals surface area contributed by atoms with Gasteiger partial charge in [-0.15, -0.1) is 11.3 Å². The molecule has 0 saturated carbocycles. The fourth-order valence-corrected chi connectivity index (χ4v) is 9.96. The van der Waals surface area contributed by atoms with Crippen molar-refractivity contribution in [1.82, 2.24) is 4.57 Å². The van der Waals surface area contributed by atoms with Crippen LogP contribution in [0.1, 0.15) is 0 Å². The molecule has 0 spiro atoms. The van der Waals surface area contributed by atoms with E-state index in [0.29, 0.717) is 0 Å².